The zero-order valence-corrected chi connectivity index (χ0v) is 12.6. The van der Waals surface area contributed by atoms with E-state index in [1.54, 1.807) is 24.3 Å². The van der Waals surface area contributed by atoms with E-state index >= 15 is 0 Å². The summed E-state index contributed by atoms with van der Waals surface area (Å²) in [5.74, 6) is -0.658. The molecule has 0 bridgehead atoms. The van der Waals surface area contributed by atoms with Gasteiger partial charge in [-0.05, 0) is 42.2 Å². The van der Waals surface area contributed by atoms with E-state index < -0.39 is 11.9 Å². The molecule has 1 amide bonds. The Labute approximate surface area is 128 Å². The van der Waals surface area contributed by atoms with Crippen molar-refractivity contribution < 1.29 is 14.3 Å². The van der Waals surface area contributed by atoms with Gasteiger partial charge in [-0.3, -0.25) is 4.79 Å². The Morgan fingerprint density at radius 1 is 1.32 bits per heavy atom. The predicted molar refractivity (Wildman–Crippen MR) is 83.3 cm³/mol. The van der Waals surface area contributed by atoms with Gasteiger partial charge in [0.15, 0.2) is 0 Å². The molecule has 4 heteroatoms. The lowest BCUT2D eigenvalue weighted by atomic mass is 9.91. The van der Waals surface area contributed by atoms with Gasteiger partial charge in [-0.1, -0.05) is 31.2 Å². The minimum Gasteiger partial charge on any atom is -0.384 e. The fourth-order valence-corrected chi connectivity index (χ4v) is 3.08. The number of aryl methyl sites for hydroxylation is 1. The summed E-state index contributed by atoms with van der Waals surface area (Å²) in [6.07, 6.45) is -0.351. The monoisotopic (exact) mass is 299 g/mol. The Hall–Kier alpha value is -2.20. The van der Waals surface area contributed by atoms with Crippen molar-refractivity contribution in [1.29, 1.82) is 0 Å². The summed E-state index contributed by atoms with van der Waals surface area (Å²) < 4.78 is 13.9. The molecule has 0 saturated carbocycles. The van der Waals surface area contributed by atoms with Crippen LogP contribution in [0.25, 0.3) is 0 Å². The van der Waals surface area contributed by atoms with Crippen molar-refractivity contribution >= 4 is 11.6 Å². The number of rotatable bonds is 3. The molecular weight excluding hydrogens is 281 g/mol. The van der Waals surface area contributed by atoms with Gasteiger partial charge in [0.1, 0.15) is 11.9 Å². The first kappa shape index (κ1) is 14.7. The summed E-state index contributed by atoms with van der Waals surface area (Å²) in [5.41, 5.74) is 3.44. The molecule has 0 spiro atoms. The minimum absolute atomic E-state index is 0.0156. The van der Waals surface area contributed by atoms with E-state index in [9.17, 15) is 14.3 Å². The van der Waals surface area contributed by atoms with Crippen molar-refractivity contribution in [2.24, 2.45) is 0 Å². The number of aliphatic hydroxyl groups excluding tert-OH is 1. The third-order valence-corrected chi connectivity index (χ3v) is 4.25. The molecule has 3 rings (SSSR count). The maximum absolute atomic E-state index is 13.9. The van der Waals surface area contributed by atoms with Crippen LogP contribution in [-0.4, -0.2) is 11.0 Å². The number of amides is 1. The Kier molecular flexibility index (Phi) is 3.71. The minimum atomic E-state index is -1.04. The van der Waals surface area contributed by atoms with Gasteiger partial charge in [0.2, 0.25) is 5.91 Å². The first-order valence-corrected chi connectivity index (χ1v) is 7.40. The molecule has 114 valence electrons. The Bertz CT molecular complexity index is 742. The molecule has 2 unspecified atom stereocenters. The fourth-order valence-electron chi connectivity index (χ4n) is 3.08. The van der Waals surface area contributed by atoms with E-state index in [0.29, 0.717) is 12.0 Å². The van der Waals surface area contributed by atoms with Crippen LogP contribution in [0.1, 0.15) is 47.6 Å². The van der Waals surface area contributed by atoms with E-state index in [0.717, 1.165) is 16.8 Å². The van der Waals surface area contributed by atoms with Gasteiger partial charge in [0, 0.05) is 11.3 Å². The van der Waals surface area contributed by atoms with Crippen molar-refractivity contribution in [3.8, 4) is 0 Å². The number of hydrogen-bond donors (Lipinski definition) is 2. The Morgan fingerprint density at radius 2 is 2.05 bits per heavy atom. The molecule has 0 aliphatic carbocycles. The topological polar surface area (TPSA) is 49.3 Å². The summed E-state index contributed by atoms with van der Waals surface area (Å²) in [6.45, 7) is 3.84. The molecule has 2 N–H and O–H groups in total. The van der Waals surface area contributed by atoms with Gasteiger partial charge in [0.25, 0.3) is 0 Å². The maximum atomic E-state index is 13.9. The maximum Gasteiger partial charge on any atom is 0.232 e. The molecule has 2 aromatic carbocycles. The highest BCUT2D eigenvalue weighted by atomic mass is 19.1. The van der Waals surface area contributed by atoms with Crippen molar-refractivity contribution in [1.82, 2.24) is 0 Å². The second-order valence-electron chi connectivity index (χ2n) is 5.68. The molecule has 3 nitrogen and oxygen atoms in total. The molecular formula is C18H18FNO2. The van der Waals surface area contributed by atoms with Crippen LogP contribution in [0.15, 0.2) is 36.4 Å². The average Bonchev–Trinajstić information content (AvgIpc) is 2.83. The first-order valence-electron chi connectivity index (χ1n) is 7.40. The molecule has 1 aliphatic rings. The Balaban J connectivity index is 2.07. The number of benzene rings is 2. The highest BCUT2D eigenvalue weighted by molar-refractivity contribution is 6.03. The van der Waals surface area contributed by atoms with Crippen molar-refractivity contribution in [3.05, 3.63) is 64.5 Å². The molecule has 0 fully saturated rings. The molecule has 0 radical (unpaired) electrons. The molecule has 0 saturated heterocycles. The Morgan fingerprint density at radius 3 is 2.73 bits per heavy atom. The zero-order chi connectivity index (χ0) is 15.9. The van der Waals surface area contributed by atoms with Gasteiger partial charge in [-0.2, -0.15) is 0 Å². The van der Waals surface area contributed by atoms with Crippen molar-refractivity contribution in [2.75, 3.05) is 5.32 Å². The number of halogens is 1. The van der Waals surface area contributed by atoms with Crippen molar-refractivity contribution in [2.45, 2.75) is 32.3 Å². The van der Waals surface area contributed by atoms with E-state index in [4.69, 9.17) is 0 Å². The highest BCUT2D eigenvalue weighted by Crippen LogP contribution is 2.39. The molecule has 22 heavy (non-hydrogen) atoms. The largest absolute Gasteiger partial charge is 0.384 e. The van der Waals surface area contributed by atoms with E-state index in [2.05, 4.69) is 5.32 Å². The second kappa shape index (κ2) is 5.54. The van der Waals surface area contributed by atoms with E-state index in [-0.39, 0.29) is 17.4 Å². The van der Waals surface area contributed by atoms with E-state index in [1.165, 1.54) is 6.07 Å². The number of aliphatic hydroxyl groups is 1. The number of nitrogens with one attached hydrogen (secondary N) is 1. The third-order valence-electron chi connectivity index (χ3n) is 4.25. The number of fused-ring (bicyclic) bond motifs is 1. The van der Waals surface area contributed by atoms with Crippen LogP contribution in [0.4, 0.5) is 10.1 Å². The average molecular weight is 299 g/mol. The van der Waals surface area contributed by atoms with Gasteiger partial charge in [0.05, 0.1) is 5.92 Å². The lowest BCUT2D eigenvalue weighted by Crippen LogP contribution is -2.10. The van der Waals surface area contributed by atoms with Gasteiger partial charge < -0.3 is 10.4 Å². The second-order valence-corrected chi connectivity index (χ2v) is 5.68. The molecule has 2 aromatic rings. The summed E-state index contributed by atoms with van der Waals surface area (Å²) in [4.78, 5) is 12.0. The normalized spacial score (nSPS) is 18.0. The van der Waals surface area contributed by atoms with Gasteiger partial charge >= 0.3 is 0 Å². The number of carbonyl (C=O) groups is 1. The number of anilines is 1. The van der Waals surface area contributed by atoms with Crippen molar-refractivity contribution in [3.63, 3.8) is 0 Å². The van der Waals surface area contributed by atoms with Gasteiger partial charge in [-0.25, -0.2) is 4.39 Å². The number of hydrogen-bond acceptors (Lipinski definition) is 2. The lowest BCUT2D eigenvalue weighted by Gasteiger charge is -2.16. The number of carbonyl (C=O) groups excluding carboxylic acids is 1. The summed E-state index contributed by atoms with van der Waals surface area (Å²) in [7, 11) is 0. The van der Waals surface area contributed by atoms with Crippen LogP contribution in [0.2, 0.25) is 0 Å². The zero-order valence-electron chi connectivity index (χ0n) is 12.6. The quantitative estimate of drug-likeness (QED) is 0.908. The van der Waals surface area contributed by atoms with Crippen LogP contribution >= 0.6 is 0 Å². The SMILES string of the molecule is CCC1C(=O)Nc2c(C)cc(C(O)c3ccccc3F)cc21. The smallest absolute Gasteiger partial charge is 0.232 e. The molecule has 0 aromatic heterocycles. The van der Waals surface area contributed by atoms with Crippen LogP contribution < -0.4 is 5.32 Å². The van der Waals surface area contributed by atoms with Gasteiger partial charge in [-0.15, -0.1) is 0 Å². The first-order chi connectivity index (χ1) is 10.5. The molecule has 1 aliphatic heterocycles. The highest BCUT2D eigenvalue weighted by Gasteiger charge is 2.31. The predicted octanol–water partition coefficient (Wildman–Crippen LogP) is 3.66. The van der Waals surface area contributed by atoms with Crippen LogP contribution in [-0.2, 0) is 4.79 Å². The summed E-state index contributed by atoms with van der Waals surface area (Å²) in [6, 6.07) is 9.80. The standard InChI is InChI=1S/C18H18FNO2/c1-3-12-14-9-11(8-10(2)16(14)20-18(12)22)17(21)13-6-4-5-7-15(13)19/h4-9,12,17,21H,3H2,1-2H3,(H,20,22). The third kappa shape index (κ3) is 2.29. The molecule has 1 heterocycles. The van der Waals surface area contributed by atoms with E-state index in [1.807, 2.05) is 19.9 Å². The fraction of sp³-hybridized carbons (Fsp3) is 0.278. The van der Waals surface area contributed by atoms with Crippen LogP contribution in [0, 0.1) is 12.7 Å². The lowest BCUT2D eigenvalue weighted by molar-refractivity contribution is -0.117. The van der Waals surface area contributed by atoms with Crippen LogP contribution in [0.3, 0.4) is 0 Å². The molecule has 2 atom stereocenters. The summed E-state index contributed by atoms with van der Waals surface area (Å²) in [5, 5.41) is 13.4. The van der Waals surface area contributed by atoms with Crippen LogP contribution in [0.5, 0.6) is 0 Å². The summed E-state index contributed by atoms with van der Waals surface area (Å²) >= 11 is 0.